The van der Waals surface area contributed by atoms with Crippen molar-refractivity contribution in [3.05, 3.63) is 46.8 Å². The average Bonchev–Trinajstić information content (AvgIpc) is 2.95. The van der Waals surface area contributed by atoms with Crippen molar-refractivity contribution in [2.45, 2.75) is 65.3 Å². The van der Waals surface area contributed by atoms with E-state index in [0.29, 0.717) is 37.3 Å². The SMILES string of the molecule is Cc1noc(C)c1COc1ccc(C(=O)NC2CN(C(=O)NC(C)C)CCCC2O)cc1. The van der Waals surface area contributed by atoms with Crippen LogP contribution in [0.5, 0.6) is 5.75 Å². The van der Waals surface area contributed by atoms with Crippen molar-refractivity contribution >= 4 is 11.9 Å². The van der Waals surface area contributed by atoms with Crippen LogP contribution >= 0.6 is 0 Å². The molecule has 2 heterocycles. The number of nitrogens with one attached hydrogen (secondary N) is 2. The fraction of sp³-hybridized carbons (Fsp3) is 0.522. The lowest BCUT2D eigenvalue weighted by atomic mass is 10.1. The van der Waals surface area contributed by atoms with Gasteiger partial charge in [0.1, 0.15) is 18.1 Å². The molecule has 3 amide bonds. The fourth-order valence-electron chi connectivity index (χ4n) is 3.63. The Kier molecular flexibility index (Phi) is 7.74. The minimum atomic E-state index is -0.714. The Labute approximate surface area is 188 Å². The van der Waals surface area contributed by atoms with Gasteiger partial charge in [-0.15, -0.1) is 0 Å². The van der Waals surface area contributed by atoms with E-state index in [-0.39, 0.29) is 24.5 Å². The van der Waals surface area contributed by atoms with E-state index in [0.717, 1.165) is 17.0 Å². The van der Waals surface area contributed by atoms with Crippen LogP contribution in [0.25, 0.3) is 0 Å². The lowest BCUT2D eigenvalue weighted by molar-refractivity contribution is 0.0808. The number of aliphatic hydroxyl groups is 1. The van der Waals surface area contributed by atoms with Gasteiger partial charge < -0.3 is 29.9 Å². The Morgan fingerprint density at radius 3 is 2.62 bits per heavy atom. The van der Waals surface area contributed by atoms with Gasteiger partial charge in [0.15, 0.2) is 0 Å². The summed E-state index contributed by atoms with van der Waals surface area (Å²) in [5.74, 6) is 1.03. The second-order valence-electron chi connectivity index (χ2n) is 8.46. The number of amides is 3. The Morgan fingerprint density at radius 1 is 1.28 bits per heavy atom. The molecule has 0 saturated carbocycles. The topological polar surface area (TPSA) is 117 Å². The maximum atomic E-state index is 12.8. The van der Waals surface area contributed by atoms with Gasteiger partial charge in [-0.05, 0) is 64.8 Å². The molecule has 2 unspecified atom stereocenters. The third-order valence-corrected chi connectivity index (χ3v) is 5.51. The van der Waals surface area contributed by atoms with Crippen LogP contribution in [-0.4, -0.2) is 58.4 Å². The van der Waals surface area contributed by atoms with Gasteiger partial charge in [0.2, 0.25) is 0 Å². The molecule has 0 spiro atoms. The van der Waals surface area contributed by atoms with Gasteiger partial charge in [0.05, 0.1) is 23.4 Å². The molecule has 0 bridgehead atoms. The van der Waals surface area contributed by atoms with Crippen LogP contribution in [0.1, 0.15) is 54.1 Å². The summed E-state index contributed by atoms with van der Waals surface area (Å²) in [6.07, 6.45) is 0.481. The molecule has 1 aromatic heterocycles. The number of hydrogen-bond acceptors (Lipinski definition) is 6. The van der Waals surface area contributed by atoms with Crippen LogP contribution in [0.15, 0.2) is 28.8 Å². The zero-order valence-electron chi connectivity index (χ0n) is 19.1. The average molecular weight is 445 g/mol. The first-order valence-corrected chi connectivity index (χ1v) is 10.9. The van der Waals surface area contributed by atoms with Crippen LogP contribution < -0.4 is 15.4 Å². The molecule has 0 aliphatic carbocycles. The Hall–Kier alpha value is -3.07. The predicted octanol–water partition coefficient (Wildman–Crippen LogP) is 2.54. The van der Waals surface area contributed by atoms with Gasteiger partial charge in [-0.25, -0.2) is 4.79 Å². The van der Waals surface area contributed by atoms with Crippen LogP contribution in [0.4, 0.5) is 4.79 Å². The summed E-state index contributed by atoms with van der Waals surface area (Å²) in [6, 6.07) is 6.07. The number of carbonyl (C=O) groups excluding carboxylic acids is 2. The maximum Gasteiger partial charge on any atom is 0.317 e. The molecule has 0 radical (unpaired) electrons. The number of likely N-dealkylation sites (tertiary alicyclic amines) is 1. The van der Waals surface area contributed by atoms with Crippen LogP contribution in [0.2, 0.25) is 0 Å². The van der Waals surface area contributed by atoms with Crippen molar-refractivity contribution in [3.63, 3.8) is 0 Å². The quantitative estimate of drug-likeness (QED) is 0.630. The number of carbonyl (C=O) groups is 2. The van der Waals surface area contributed by atoms with Gasteiger partial charge in [-0.2, -0.15) is 0 Å². The summed E-state index contributed by atoms with van der Waals surface area (Å²) in [4.78, 5) is 26.8. The Bertz CT molecular complexity index is 905. The molecule has 3 N–H and O–H groups in total. The molecule has 1 saturated heterocycles. The standard InChI is InChI=1S/C23H32N4O5/c1-14(2)24-23(30)27-11-5-6-21(28)20(12-27)25-22(29)17-7-9-18(10-8-17)31-13-19-15(3)26-32-16(19)4/h7-10,14,20-21,28H,5-6,11-13H2,1-4H3,(H,24,30)(H,25,29). The van der Waals surface area contributed by atoms with E-state index < -0.39 is 12.1 Å². The summed E-state index contributed by atoms with van der Waals surface area (Å²) < 4.78 is 10.9. The summed E-state index contributed by atoms with van der Waals surface area (Å²) in [7, 11) is 0. The van der Waals surface area contributed by atoms with E-state index in [1.807, 2.05) is 27.7 Å². The third-order valence-electron chi connectivity index (χ3n) is 5.51. The summed E-state index contributed by atoms with van der Waals surface area (Å²) >= 11 is 0. The lowest BCUT2D eigenvalue weighted by Gasteiger charge is -2.28. The first kappa shape index (κ1) is 23.6. The number of urea groups is 1. The molecular weight excluding hydrogens is 412 g/mol. The number of hydrogen-bond donors (Lipinski definition) is 3. The van der Waals surface area contributed by atoms with E-state index in [9.17, 15) is 14.7 Å². The molecule has 9 nitrogen and oxygen atoms in total. The molecule has 32 heavy (non-hydrogen) atoms. The number of aromatic nitrogens is 1. The highest BCUT2D eigenvalue weighted by Gasteiger charge is 2.29. The van der Waals surface area contributed by atoms with Gasteiger partial charge in [0.25, 0.3) is 5.91 Å². The molecule has 174 valence electrons. The van der Waals surface area contributed by atoms with Crippen LogP contribution in [0.3, 0.4) is 0 Å². The zero-order chi connectivity index (χ0) is 23.3. The van der Waals surface area contributed by atoms with Gasteiger partial charge in [-0.1, -0.05) is 5.16 Å². The highest BCUT2D eigenvalue weighted by molar-refractivity contribution is 5.94. The second kappa shape index (κ2) is 10.5. The first-order chi connectivity index (χ1) is 15.2. The molecule has 1 fully saturated rings. The number of rotatable bonds is 6. The summed E-state index contributed by atoms with van der Waals surface area (Å²) in [5, 5.41) is 20.1. The van der Waals surface area contributed by atoms with E-state index in [1.165, 1.54) is 0 Å². The first-order valence-electron chi connectivity index (χ1n) is 10.9. The van der Waals surface area contributed by atoms with E-state index in [1.54, 1.807) is 29.2 Å². The van der Waals surface area contributed by atoms with Gasteiger partial charge in [0, 0.05) is 24.7 Å². The minimum Gasteiger partial charge on any atom is -0.489 e. The van der Waals surface area contributed by atoms with Crippen LogP contribution in [0, 0.1) is 13.8 Å². The van der Waals surface area contributed by atoms with Crippen molar-refractivity contribution in [1.82, 2.24) is 20.7 Å². The number of ether oxygens (including phenoxy) is 1. The number of benzene rings is 1. The van der Waals surface area contributed by atoms with Crippen molar-refractivity contribution < 1.29 is 24.0 Å². The second-order valence-corrected chi connectivity index (χ2v) is 8.46. The molecular formula is C23H32N4O5. The monoisotopic (exact) mass is 444 g/mol. The van der Waals surface area contributed by atoms with E-state index >= 15 is 0 Å². The Morgan fingerprint density at radius 2 is 2.00 bits per heavy atom. The number of aliphatic hydroxyl groups excluding tert-OH is 1. The molecule has 3 rings (SSSR count). The molecule has 2 aromatic rings. The highest BCUT2D eigenvalue weighted by atomic mass is 16.5. The number of nitrogens with zero attached hydrogens (tertiary/aromatic N) is 2. The van der Waals surface area contributed by atoms with Crippen molar-refractivity contribution in [1.29, 1.82) is 0 Å². The van der Waals surface area contributed by atoms with Crippen LogP contribution in [-0.2, 0) is 6.61 Å². The lowest BCUT2D eigenvalue weighted by Crippen LogP contribution is -2.52. The largest absolute Gasteiger partial charge is 0.489 e. The highest BCUT2D eigenvalue weighted by Crippen LogP contribution is 2.19. The zero-order valence-corrected chi connectivity index (χ0v) is 19.1. The normalized spacial score (nSPS) is 18.9. The predicted molar refractivity (Wildman–Crippen MR) is 118 cm³/mol. The number of aryl methyl sites for hydroxylation is 2. The van der Waals surface area contributed by atoms with E-state index in [2.05, 4.69) is 15.8 Å². The molecule has 1 aliphatic rings. The van der Waals surface area contributed by atoms with Gasteiger partial charge >= 0.3 is 6.03 Å². The maximum absolute atomic E-state index is 12.8. The summed E-state index contributed by atoms with van der Waals surface area (Å²) in [5.41, 5.74) is 2.14. The van der Waals surface area contributed by atoms with Crippen molar-refractivity contribution in [2.75, 3.05) is 13.1 Å². The van der Waals surface area contributed by atoms with Crippen molar-refractivity contribution in [3.8, 4) is 5.75 Å². The summed E-state index contributed by atoms with van der Waals surface area (Å²) in [6.45, 7) is 8.61. The minimum absolute atomic E-state index is 0.0158. The molecule has 2 atom stereocenters. The third kappa shape index (κ3) is 6.00. The van der Waals surface area contributed by atoms with Crippen molar-refractivity contribution in [2.24, 2.45) is 0 Å². The molecule has 9 heteroatoms. The Balaban J connectivity index is 1.59. The van der Waals surface area contributed by atoms with Gasteiger partial charge in [-0.3, -0.25) is 4.79 Å². The smallest absolute Gasteiger partial charge is 0.317 e. The molecule has 1 aromatic carbocycles. The van der Waals surface area contributed by atoms with E-state index in [4.69, 9.17) is 9.26 Å². The molecule has 1 aliphatic heterocycles. The fourth-order valence-corrected chi connectivity index (χ4v) is 3.63.